The largest absolute Gasteiger partial charge is 0.481 e. The number of benzene rings is 2. The second-order valence-electron chi connectivity index (χ2n) is 10.8. The number of hydrogen-bond acceptors (Lipinski definition) is 8. The van der Waals surface area contributed by atoms with Crippen LogP contribution in [0.3, 0.4) is 0 Å². The Bertz CT molecular complexity index is 1860. The number of ether oxygens (including phenoxy) is 2. The number of fused-ring (bicyclic) bond motifs is 1. The Kier molecular flexibility index (Phi) is 8.86. The second kappa shape index (κ2) is 13.0. The molecule has 0 saturated carbocycles. The van der Waals surface area contributed by atoms with Crippen LogP contribution in [0.1, 0.15) is 33.9 Å². The minimum atomic E-state index is -0.601. The molecule has 0 unspecified atom stereocenters. The maximum atomic E-state index is 12.9. The van der Waals surface area contributed by atoms with Gasteiger partial charge in [0.15, 0.2) is 0 Å². The Hall–Kier alpha value is -4.29. The maximum absolute atomic E-state index is 12.9. The van der Waals surface area contributed by atoms with Crippen molar-refractivity contribution in [2.45, 2.75) is 24.9 Å². The Balaban J connectivity index is 1.28. The van der Waals surface area contributed by atoms with Gasteiger partial charge in [-0.3, -0.25) is 14.4 Å². The lowest BCUT2D eigenvalue weighted by molar-refractivity contribution is -0.131. The monoisotopic (exact) mass is 648 g/mol. The molecular formula is C32H30Cl2N6O5. The highest BCUT2D eigenvalue weighted by Crippen LogP contribution is 2.44. The van der Waals surface area contributed by atoms with E-state index in [9.17, 15) is 14.4 Å². The van der Waals surface area contributed by atoms with Gasteiger partial charge in [-0.15, -0.1) is 0 Å². The molecule has 1 aliphatic heterocycles. The molecule has 11 nitrogen and oxygen atoms in total. The molecule has 6 rings (SSSR count). The third-order valence-electron chi connectivity index (χ3n) is 7.94. The number of hydrogen-bond donors (Lipinski definition) is 3. The van der Waals surface area contributed by atoms with Crippen molar-refractivity contribution in [2.24, 2.45) is 7.05 Å². The molecule has 2 amide bonds. The fourth-order valence-corrected chi connectivity index (χ4v) is 6.35. The van der Waals surface area contributed by atoms with Crippen LogP contribution in [-0.2, 0) is 23.0 Å². The summed E-state index contributed by atoms with van der Waals surface area (Å²) in [7, 11) is 3.06. The van der Waals surface area contributed by atoms with Crippen LogP contribution in [0.15, 0.2) is 59.5 Å². The van der Waals surface area contributed by atoms with Crippen molar-refractivity contribution in [1.29, 1.82) is 0 Å². The number of carbonyl (C=O) groups is 2. The van der Waals surface area contributed by atoms with Gasteiger partial charge in [0.1, 0.15) is 12.2 Å². The number of amides is 2. The van der Waals surface area contributed by atoms with Crippen molar-refractivity contribution >= 4 is 40.7 Å². The lowest BCUT2D eigenvalue weighted by atomic mass is 9.99. The number of rotatable bonds is 8. The van der Waals surface area contributed by atoms with Gasteiger partial charge in [-0.2, -0.15) is 5.10 Å². The van der Waals surface area contributed by atoms with Gasteiger partial charge in [-0.05, 0) is 36.6 Å². The highest BCUT2D eigenvalue weighted by molar-refractivity contribution is 6.39. The van der Waals surface area contributed by atoms with Crippen LogP contribution in [0.25, 0.3) is 22.4 Å². The smallest absolute Gasteiger partial charge is 0.279 e. The number of halogens is 2. The molecule has 45 heavy (non-hydrogen) atoms. The average molecular weight is 650 g/mol. The molecule has 3 heterocycles. The van der Waals surface area contributed by atoms with Gasteiger partial charge in [-0.1, -0.05) is 53.5 Å². The van der Waals surface area contributed by atoms with E-state index in [-0.39, 0.29) is 35.2 Å². The summed E-state index contributed by atoms with van der Waals surface area (Å²) in [4.78, 5) is 41.8. The summed E-state index contributed by atoms with van der Waals surface area (Å²) in [5, 5.41) is 13.8. The number of nitrogens with zero attached hydrogens (tertiary/aromatic N) is 3. The highest BCUT2D eigenvalue weighted by atomic mass is 35.5. The standard InChI is InChI=1S/C32H30Cl2N6O5/c1-40-32(43)22(11-12-36-40)30(42)38-24-8-4-6-20(29(24)34)19-5-3-7-21(28(19)33)25-13-17-9-10-23(27(17)31(39-25)44-2)35-14-18-15-45-16-26(41)37-18/h3-8,11-13,18,23,35H,9-10,14-16H2,1-2H3,(H,37,41)(H,38,42)/t18-,23+/m1/s1. The van der Waals surface area contributed by atoms with Crippen molar-refractivity contribution < 1.29 is 19.1 Å². The van der Waals surface area contributed by atoms with E-state index in [2.05, 4.69) is 21.0 Å². The van der Waals surface area contributed by atoms with Crippen molar-refractivity contribution in [3.8, 4) is 28.3 Å². The first kappa shape index (κ1) is 30.7. The third-order valence-corrected chi connectivity index (χ3v) is 8.76. The summed E-state index contributed by atoms with van der Waals surface area (Å²) in [6.07, 6.45) is 3.05. The van der Waals surface area contributed by atoms with Crippen molar-refractivity contribution in [3.63, 3.8) is 0 Å². The third kappa shape index (κ3) is 6.16. The minimum Gasteiger partial charge on any atom is -0.481 e. The molecule has 1 saturated heterocycles. The molecule has 1 aliphatic carbocycles. The van der Waals surface area contributed by atoms with Gasteiger partial charge in [0.2, 0.25) is 11.8 Å². The summed E-state index contributed by atoms with van der Waals surface area (Å²) in [6, 6.07) is 14.1. The number of anilines is 1. The topological polar surface area (TPSA) is 136 Å². The van der Waals surface area contributed by atoms with E-state index in [4.69, 9.17) is 37.7 Å². The molecule has 2 aromatic heterocycles. The molecule has 13 heteroatoms. The Morgan fingerprint density at radius 1 is 1.11 bits per heavy atom. The fourth-order valence-electron chi connectivity index (χ4n) is 5.75. The Morgan fingerprint density at radius 3 is 2.64 bits per heavy atom. The zero-order valence-electron chi connectivity index (χ0n) is 24.5. The predicted molar refractivity (Wildman–Crippen MR) is 171 cm³/mol. The molecule has 1 fully saturated rings. The van der Waals surface area contributed by atoms with E-state index < -0.39 is 11.5 Å². The first-order chi connectivity index (χ1) is 21.7. The highest BCUT2D eigenvalue weighted by Gasteiger charge is 2.30. The molecule has 2 aromatic carbocycles. The van der Waals surface area contributed by atoms with E-state index in [0.717, 1.165) is 28.7 Å². The number of aryl methyl sites for hydroxylation is 2. The lowest BCUT2D eigenvalue weighted by Crippen LogP contribution is -2.50. The van der Waals surface area contributed by atoms with Gasteiger partial charge < -0.3 is 25.4 Å². The summed E-state index contributed by atoms with van der Waals surface area (Å²) >= 11 is 13.8. The van der Waals surface area contributed by atoms with Gasteiger partial charge in [0.25, 0.3) is 11.5 Å². The van der Waals surface area contributed by atoms with Crippen molar-refractivity contribution in [3.05, 3.63) is 91.8 Å². The molecule has 4 aromatic rings. The van der Waals surface area contributed by atoms with Gasteiger partial charge in [0.05, 0.1) is 41.2 Å². The van der Waals surface area contributed by atoms with Crippen LogP contribution < -0.4 is 26.2 Å². The van der Waals surface area contributed by atoms with Crippen LogP contribution in [0.2, 0.25) is 10.0 Å². The molecule has 232 valence electrons. The summed E-state index contributed by atoms with van der Waals surface area (Å²) < 4.78 is 12.2. The van der Waals surface area contributed by atoms with Crippen molar-refractivity contribution in [1.82, 2.24) is 25.4 Å². The number of morpholine rings is 1. The van der Waals surface area contributed by atoms with E-state index in [1.54, 1.807) is 25.3 Å². The van der Waals surface area contributed by atoms with Gasteiger partial charge >= 0.3 is 0 Å². The Labute approximate surface area is 268 Å². The van der Waals surface area contributed by atoms with Crippen LogP contribution in [0.5, 0.6) is 5.88 Å². The molecule has 2 atom stereocenters. The summed E-state index contributed by atoms with van der Waals surface area (Å²) in [6.45, 7) is 1.12. The normalized spacial score (nSPS) is 17.5. The zero-order chi connectivity index (χ0) is 31.7. The summed E-state index contributed by atoms with van der Waals surface area (Å²) in [5.41, 5.74) is 4.43. The lowest BCUT2D eigenvalue weighted by Gasteiger charge is -2.26. The number of nitrogens with one attached hydrogen (secondary N) is 3. The first-order valence-corrected chi connectivity index (χ1v) is 15.1. The SMILES string of the molecule is COc1nc(-c2cccc(-c3cccc(NC(=O)c4ccnn(C)c4=O)c3Cl)c2Cl)cc2c1[C@@H](NC[C@@H]1COCC(=O)N1)CC2. The molecule has 0 bridgehead atoms. The Morgan fingerprint density at radius 2 is 1.87 bits per heavy atom. The quantitative estimate of drug-likeness (QED) is 0.259. The molecular weight excluding hydrogens is 619 g/mol. The van der Waals surface area contributed by atoms with Crippen LogP contribution in [0, 0.1) is 0 Å². The number of pyridine rings is 1. The van der Waals surface area contributed by atoms with Crippen LogP contribution >= 0.6 is 23.2 Å². The van der Waals surface area contributed by atoms with E-state index in [1.807, 2.05) is 24.3 Å². The molecule has 0 radical (unpaired) electrons. The average Bonchev–Trinajstić information content (AvgIpc) is 3.45. The van der Waals surface area contributed by atoms with E-state index in [1.165, 1.54) is 19.3 Å². The summed E-state index contributed by atoms with van der Waals surface area (Å²) in [5.74, 6) is -0.207. The van der Waals surface area contributed by atoms with E-state index in [0.29, 0.717) is 52.1 Å². The van der Waals surface area contributed by atoms with Crippen LogP contribution in [-0.4, -0.2) is 59.5 Å². The van der Waals surface area contributed by atoms with Gasteiger partial charge in [-0.25, -0.2) is 9.67 Å². The zero-order valence-corrected chi connectivity index (χ0v) is 26.0. The minimum absolute atomic E-state index is 0.0150. The number of aromatic nitrogens is 3. The molecule has 2 aliphatic rings. The van der Waals surface area contributed by atoms with Crippen LogP contribution in [0.4, 0.5) is 5.69 Å². The molecule has 3 N–H and O–H groups in total. The maximum Gasteiger partial charge on any atom is 0.279 e. The number of carbonyl (C=O) groups excluding carboxylic acids is 2. The van der Waals surface area contributed by atoms with Gasteiger partial charge in [0, 0.05) is 48.1 Å². The first-order valence-electron chi connectivity index (χ1n) is 14.3. The molecule has 0 spiro atoms. The predicted octanol–water partition coefficient (Wildman–Crippen LogP) is 4.17. The van der Waals surface area contributed by atoms with Crippen molar-refractivity contribution in [2.75, 3.05) is 32.2 Å². The second-order valence-corrected chi connectivity index (χ2v) is 11.6. The number of methoxy groups -OCH3 is 1. The fraction of sp³-hybridized carbons (Fsp3) is 0.281. The van der Waals surface area contributed by atoms with E-state index >= 15 is 0 Å².